The number of rotatable bonds is 3. The molecule has 3 heterocycles. The maximum Gasteiger partial charge on any atom is 0.125 e. The molecule has 4 nitrogen and oxygen atoms in total. The number of imidazole rings is 1. The number of likely N-dealkylation sites (N-methyl/N-ethyl adjacent to an activating group) is 1. The van der Waals surface area contributed by atoms with E-state index in [1.165, 1.54) is 38.1 Å². The molecule has 2 saturated heterocycles. The van der Waals surface area contributed by atoms with Gasteiger partial charge in [-0.05, 0) is 70.6 Å². The van der Waals surface area contributed by atoms with Crippen LogP contribution in [0.3, 0.4) is 0 Å². The number of H-pyrrole nitrogens is 1. The van der Waals surface area contributed by atoms with Crippen LogP contribution in [-0.4, -0.2) is 59.0 Å². The van der Waals surface area contributed by atoms with E-state index >= 15 is 0 Å². The number of nitrogens with one attached hydrogen (secondary N) is 1. The van der Waals surface area contributed by atoms with E-state index < -0.39 is 0 Å². The number of hydrogen-bond donors (Lipinski definition) is 1. The summed E-state index contributed by atoms with van der Waals surface area (Å²) in [5.41, 5.74) is 1.69. The summed E-state index contributed by atoms with van der Waals surface area (Å²) < 4.78 is 13.3. The number of piperidine rings is 1. The number of likely N-dealkylation sites (tertiary alicyclic amines) is 2. The predicted molar refractivity (Wildman–Crippen MR) is 90.1 cm³/mol. The van der Waals surface area contributed by atoms with Crippen molar-refractivity contribution in [3.8, 4) is 0 Å². The van der Waals surface area contributed by atoms with Crippen LogP contribution in [0.15, 0.2) is 18.2 Å². The quantitative estimate of drug-likeness (QED) is 0.945. The molecular formula is C18H25FN4. The monoisotopic (exact) mass is 316 g/mol. The number of aromatic amines is 1. The van der Waals surface area contributed by atoms with Gasteiger partial charge in [-0.1, -0.05) is 0 Å². The predicted octanol–water partition coefficient (Wildman–Crippen LogP) is 2.98. The van der Waals surface area contributed by atoms with Gasteiger partial charge in [-0.15, -0.1) is 0 Å². The van der Waals surface area contributed by atoms with E-state index in [0.717, 1.165) is 48.8 Å². The maximum atomic E-state index is 13.3. The van der Waals surface area contributed by atoms with Crippen molar-refractivity contribution in [2.45, 2.75) is 37.6 Å². The first-order valence-corrected chi connectivity index (χ1v) is 8.77. The molecule has 2 aliphatic rings. The summed E-state index contributed by atoms with van der Waals surface area (Å²) in [6, 6.07) is 5.51. The summed E-state index contributed by atoms with van der Waals surface area (Å²) >= 11 is 0. The molecule has 1 aromatic carbocycles. The Labute approximate surface area is 136 Å². The maximum absolute atomic E-state index is 13.3. The van der Waals surface area contributed by atoms with Crippen LogP contribution in [0.4, 0.5) is 4.39 Å². The number of benzene rings is 1. The van der Waals surface area contributed by atoms with Crippen molar-refractivity contribution in [2.24, 2.45) is 0 Å². The lowest BCUT2D eigenvalue weighted by molar-refractivity contribution is 0.159. The minimum Gasteiger partial charge on any atom is -0.342 e. The lowest BCUT2D eigenvalue weighted by Gasteiger charge is -2.34. The van der Waals surface area contributed by atoms with Gasteiger partial charge in [0, 0.05) is 18.5 Å². The van der Waals surface area contributed by atoms with Crippen LogP contribution >= 0.6 is 0 Å². The zero-order valence-electron chi connectivity index (χ0n) is 13.8. The van der Waals surface area contributed by atoms with Gasteiger partial charge in [0.05, 0.1) is 11.0 Å². The normalized spacial score (nSPS) is 24.7. The summed E-state index contributed by atoms with van der Waals surface area (Å²) in [7, 11) is 2.25. The molecule has 0 spiro atoms. The van der Waals surface area contributed by atoms with E-state index in [1.54, 1.807) is 6.07 Å². The van der Waals surface area contributed by atoms with E-state index in [0.29, 0.717) is 5.92 Å². The molecule has 0 aliphatic carbocycles. The van der Waals surface area contributed by atoms with Gasteiger partial charge in [-0.25, -0.2) is 9.37 Å². The minimum absolute atomic E-state index is 0.205. The highest BCUT2D eigenvalue weighted by Gasteiger charge is 2.27. The lowest BCUT2D eigenvalue weighted by Crippen LogP contribution is -2.42. The Balaban J connectivity index is 1.38. The van der Waals surface area contributed by atoms with E-state index in [2.05, 4.69) is 26.8 Å². The van der Waals surface area contributed by atoms with Crippen molar-refractivity contribution in [1.82, 2.24) is 19.8 Å². The van der Waals surface area contributed by atoms with Gasteiger partial charge in [0.1, 0.15) is 11.6 Å². The second-order valence-corrected chi connectivity index (χ2v) is 7.14. The fraction of sp³-hybridized carbons (Fsp3) is 0.611. The van der Waals surface area contributed by atoms with Crippen LogP contribution in [0, 0.1) is 5.82 Å². The number of hydrogen-bond acceptors (Lipinski definition) is 3. The highest BCUT2D eigenvalue weighted by atomic mass is 19.1. The standard InChI is InChI=1S/C18H25FN4/c1-22-8-2-3-15(22)12-23-9-6-13(7-10-23)18-20-16-5-4-14(19)11-17(16)21-18/h4-5,11,13,15H,2-3,6-10,12H2,1H3,(H,20,21)/t15-/m1/s1. The average Bonchev–Trinajstić information content (AvgIpc) is 3.14. The molecule has 2 aliphatic heterocycles. The third-order valence-electron chi connectivity index (χ3n) is 5.58. The van der Waals surface area contributed by atoms with Gasteiger partial charge in [-0.3, -0.25) is 0 Å². The fourth-order valence-electron chi connectivity index (χ4n) is 4.09. The second kappa shape index (κ2) is 6.21. The van der Waals surface area contributed by atoms with Gasteiger partial charge >= 0.3 is 0 Å². The van der Waals surface area contributed by atoms with Crippen LogP contribution in [0.5, 0.6) is 0 Å². The zero-order chi connectivity index (χ0) is 15.8. The smallest absolute Gasteiger partial charge is 0.125 e. The average molecular weight is 316 g/mol. The third kappa shape index (κ3) is 3.12. The Hall–Kier alpha value is -1.46. The first kappa shape index (κ1) is 15.1. The van der Waals surface area contributed by atoms with Crippen molar-refractivity contribution in [3.63, 3.8) is 0 Å². The summed E-state index contributed by atoms with van der Waals surface area (Å²) in [6.45, 7) is 4.73. The summed E-state index contributed by atoms with van der Waals surface area (Å²) in [5.74, 6) is 1.30. The first-order valence-electron chi connectivity index (χ1n) is 8.77. The number of aromatic nitrogens is 2. The number of fused-ring (bicyclic) bond motifs is 1. The molecule has 0 bridgehead atoms. The Morgan fingerprint density at radius 1 is 1.22 bits per heavy atom. The highest BCUT2D eigenvalue weighted by Crippen LogP contribution is 2.28. The van der Waals surface area contributed by atoms with Crippen molar-refractivity contribution in [3.05, 3.63) is 29.8 Å². The molecule has 2 aromatic rings. The third-order valence-corrected chi connectivity index (χ3v) is 5.58. The largest absolute Gasteiger partial charge is 0.342 e. The molecule has 23 heavy (non-hydrogen) atoms. The molecule has 0 saturated carbocycles. The number of halogens is 1. The molecule has 5 heteroatoms. The van der Waals surface area contributed by atoms with Gasteiger partial charge in [0.2, 0.25) is 0 Å². The molecule has 2 fully saturated rings. The van der Waals surface area contributed by atoms with Crippen molar-refractivity contribution in [1.29, 1.82) is 0 Å². The Morgan fingerprint density at radius 2 is 2.04 bits per heavy atom. The molecule has 0 radical (unpaired) electrons. The molecule has 124 valence electrons. The molecule has 1 atom stereocenters. The summed E-state index contributed by atoms with van der Waals surface area (Å²) in [4.78, 5) is 13.1. The van der Waals surface area contributed by atoms with Crippen LogP contribution < -0.4 is 0 Å². The summed E-state index contributed by atoms with van der Waals surface area (Å²) in [5, 5.41) is 0. The fourth-order valence-corrected chi connectivity index (χ4v) is 4.09. The van der Waals surface area contributed by atoms with Crippen molar-refractivity contribution in [2.75, 3.05) is 33.2 Å². The van der Waals surface area contributed by atoms with Crippen LogP contribution in [-0.2, 0) is 0 Å². The Bertz CT molecular complexity index is 675. The molecular weight excluding hydrogens is 291 g/mol. The van der Waals surface area contributed by atoms with E-state index in [4.69, 9.17) is 0 Å². The van der Waals surface area contributed by atoms with Gasteiger partial charge in [0.15, 0.2) is 0 Å². The van der Waals surface area contributed by atoms with Crippen LogP contribution in [0.1, 0.15) is 37.4 Å². The second-order valence-electron chi connectivity index (χ2n) is 7.14. The summed E-state index contributed by atoms with van der Waals surface area (Å²) in [6.07, 6.45) is 4.95. The SMILES string of the molecule is CN1CCC[C@@H]1CN1CCC(c2nc3ccc(F)cc3[nH]2)CC1. The Morgan fingerprint density at radius 3 is 2.78 bits per heavy atom. The number of nitrogens with zero attached hydrogens (tertiary/aromatic N) is 3. The van der Waals surface area contributed by atoms with Crippen molar-refractivity contribution < 1.29 is 4.39 Å². The van der Waals surface area contributed by atoms with Gasteiger partial charge < -0.3 is 14.8 Å². The first-order chi connectivity index (χ1) is 11.2. The van der Waals surface area contributed by atoms with E-state index in [9.17, 15) is 4.39 Å². The van der Waals surface area contributed by atoms with Crippen LogP contribution in [0.2, 0.25) is 0 Å². The molecule has 0 unspecified atom stereocenters. The lowest BCUT2D eigenvalue weighted by atomic mass is 9.95. The highest BCUT2D eigenvalue weighted by molar-refractivity contribution is 5.75. The zero-order valence-corrected chi connectivity index (χ0v) is 13.8. The van der Waals surface area contributed by atoms with Gasteiger partial charge in [0.25, 0.3) is 0 Å². The van der Waals surface area contributed by atoms with Gasteiger partial charge in [-0.2, -0.15) is 0 Å². The molecule has 1 aromatic heterocycles. The van der Waals surface area contributed by atoms with E-state index in [-0.39, 0.29) is 5.82 Å². The molecule has 4 rings (SSSR count). The molecule has 1 N–H and O–H groups in total. The van der Waals surface area contributed by atoms with E-state index in [1.807, 2.05) is 0 Å². The Kier molecular flexibility index (Phi) is 4.07. The van der Waals surface area contributed by atoms with Crippen LogP contribution in [0.25, 0.3) is 11.0 Å². The topological polar surface area (TPSA) is 35.2 Å². The van der Waals surface area contributed by atoms with Crippen molar-refractivity contribution >= 4 is 11.0 Å². The minimum atomic E-state index is -0.205. The molecule has 0 amide bonds.